The fraction of sp³-hybridized carbons (Fsp3) is 0.486. The Bertz CT molecular complexity index is 1200. The van der Waals surface area contributed by atoms with Gasteiger partial charge in [-0.05, 0) is 88.1 Å². The lowest BCUT2D eigenvalue weighted by Crippen LogP contribution is -2.47. The van der Waals surface area contributed by atoms with Crippen LogP contribution in [0.4, 0.5) is 0 Å². The minimum absolute atomic E-state index is 0.0970. The lowest BCUT2D eigenvalue weighted by molar-refractivity contribution is -0.128. The number of aliphatic imine (C=N–C) groups is 1. The summed E-state index contributed by atoms with van der Waals surface area (Å²) in [5.41, 5.74) is 6.69. The highest BCUT2D eigenvalue weighted by molar-refractivity contribution is 5.96. The van der Waals surface area contributed by atoms with E-state index in [0.29, 0.717) is 5.92 Å². The van der Waals surface area contributed by atoms with Crippen LogP contribution in [0.5, 0.6) is 0 Å². The summed E-state index contributed by atoms with van der Waals surface area (Å²) in [6.07, 6.45) is 22.2. The van der Waals surface area contributed by atoms with Crippen LogP contribution in [0.25, 0.3) is 0 Å². The zero-order valence-corrected chi connectivity index (χ0v) is 24.6. The number of amidine groups is 1. The van der Waals surface area contributed by atoms with E-state index >= 15 is 0 Å². The molecule has 6 nitrogen and oxygen atoms in total. The second kappa shape index (κ2) is 14.1. The van der Waals surface area contributed by atoms with Crippen LogP contribution < -0.4 is 5.48 Å². The number of carbonyl (C=O) groups is 1. The second-order valence-corrected chi connectivity index (χ2v) is 11.8. The third-order valence-corrected chi connectivity index (χ3v) is 9.35. The van der Waals surface area contributed by atoms with Gasteiger partial charge in [-0.25, -0.2) is 9.83 Å². The van der Waals surface area contributed by atoms with Crippen molar-refractivity contribution in [2.24, 2.45) is 10.9 Å². The van der Waals surface area contributed by atoms with Gasteiger partial charge in [-0.1, -0.05) is 79.4 Å². The first kappa shape index (κ1) is 29.3. The Morgan fingerprint density at radius 3 is 2.61 bits per heavy atom. The number of benzene rings is 1. The number of likely N-dealkylation sites (tertiary alicyclic amines) is 2. The number of nitrogens with zero attached hydrogens (tertiary/aromatic N) is 3. The molecule has 5 rings (SSSR count). The minimum Gasteiger partial charge on any atom is -0.339 e. The highest BCUT2D eigenvalue weighted by atomic mass is 16.7. The number of carbonyl (C=O) groups excluding carboxylic acids is 1. The van der Waals surface area contributed by atoms with E-state index in [1.54, 1.807) is 6.08 Å². The predicted octanol–water partition coefficient (Wildman–Crippen LogP) is 6.26. The van der Waals surface area contributed by atoms with Crippen LogP contribution >= 0.6 is 0 Å². The van der Waals surface area contributed by atoms with Crippen LogP contribution in [-0.2, 0) is 15.0 Å². The molecule has 3 heterocycles. The first-order valence-corrected chi connectivity index (χ1v) is 15.5. The molecule has 1 atom stereocenters. The molecule has 41 heavy (non-hydrogen) atoms. The van der Waals surface area contributed by atoms with Crippen LogP contribution in [0, 0.1) is 5.92 Å². The summed E-state index contributed by atoms with van der Waals surface area (Å²) < 4.78 is 0. The summed E-state index contributed by atoms with van der Waals surface area (Å²) in [6, 6.07) is 11.0. The maximum atomic E-state index is 13.1. The number of hydrogen-bond donors (Lipinski definition) is 1. The summed E-state index contributed by atoms with van der Waals surface area (Å²) in [4.78, 5) is 28.6. The number of rotatable bonds is 10. The molecular formula is C35H46N4O2. The Balaban J connectivity index is 1.14. The molecule has 1 aromatic rings. The van der Waals surface area contributed by atoms with Gasteiger partial charge in [0.25, 0.3) is 5.91 Å². The van der Waals surface area contributed by atoms with Gasteiger partial charge >= 0.3 is 0 Å². The van der Waals surface area contributed by atoms with Crippen LogP contribution in [0.15, 0.2) is 95.6 Å². The van der Waals surface area contributed by atoms with Gasteiger partial charge in [-0.15, -0.1) is 0 Å². The molecule has 0 saturated carbocycles. The summed E-state index contributed by atoms with van der Waals surface area (Å²) in [7, 11) is 0. The topological polar surface area (TPSA) is 57.2 Å². The van der Waals surface area contributed by atoms with Crippen molar-refractivity contribution in [3.63, 3.8) is 0 Å². The fourth-order valence-corrected chi connectivity index (χ4v) is 6.66. The Kier molecular flexibility index (Phi) is 10.1. The van der Waals surface area contributed by atoms with E-state index in [1.165, 1.54) is 11.1 Å². The van der Waals surface area contributed by atoms with E-state index in [-0.39, 0.29) is 17.6 Å². The van der Waals surface area contributed by atoms with Gasteiger partial charge in [0.2, 0.25) is 0 Å². The molecule has 1 N–H and O–H groups in total. The molecule has 0 spiro atoms. The number of nitrogens with one attached hydrogen (secondary N) is 1. The lowest BCUT2D eigenvalue weighted by Gasteiger charge is -2.44. The van der Waals surface area contributed by atoms with Crippen LogP contribution in [0.2, 0.25) is 0 Å². The van der Waals surface area contributed by atoms with E-state index in [0.717, 1.165) is 95.5 Å². The molecule has 0 radical (unpaired) electrons. The van der Waals surface area contributed by atoms with Crippen molar-refractivity contribution in [2.75, 3.05) is 32.7 Å². The number of hydroxylamine groups is 1. The molecule has 0 aromatic heterocycles. The molecule has 3 aliphatic heterocycles. The van der Waals surface area contributed by atoms with Crippen molar-refractivity contribution in [3.8, 4) is 0 Å². The maximum absolute atomic E-state index is 13.1. The number of piperidine rings is 2. The highest BCUT2D eigenvalue weighted by Gasteiger charge is 2.38. The van der Waals surface area contributed by atoms with Crippen LogP contribution in [0.1, 0.15) is 63.9 Å². The van der Waals surface area contributed by atoms with Crippen molar-refractivity contribution in [3.05, 3.63) is 96.2 Å². The molecule has 0 bridgehead atoms. The summed E-state index contributed by atoms with van der Waals surface area (Å²) in [5.74, 6) is 1.55. The molecule has 4 aliphatic rings. The van der Waals surface area contributed by atoms with Crippen molar-refractivity contribution in [1.82, 2.24) is 15.3 Å². The van der Waals surface area contributed by atoms with Crippen molar-refractivity contribution < 1.29 is 9.63 Å². The standard InChI is InChI=1S/C35H46N4O2/c1-3-5-12-28(4-2)27-32-36-33(41-37-32)29-17-22-38(23-18-29)24-19-35(31-15-10-7-11-16-31)20-25-39(26-21-35)34(40)30-13-8-6-9-14-30/h3-5,7-8,10-16,29,33H,1,6,9,17-27H2,2H3,(H,36,37)/b12-5-,28-4+. The summed E-state index contributed by atoms with van der Waals surface area (Å²) in [5, 5.41) is 0. The molecule has 1 amide bonds. The zero-order chi connectivity index (χ0) is 28.5. The maximum Gasteiger partial charge on any atom is 0.253 e. The van der Waals surface area contributed by atoms with Gasteiger partial charge in [0.05, 0.1) is 0 Å². The van der Waals surface area contributed by atoms with Gasteiger partial charge in [0.1, 0.15) is 5.84 Å². The van der Waals surface area contributed by atoms with E-state index in [2.05, 4.69) is 76.5 Å². The van der Waals surface area contributed by atoms with Gasteiger partial charge in [0.15, 0.2) is 6.23 Å². The number of amides is 1. The zero-order valence-electron chi connectivity index (χ0n) is 24.6. The smallest absolute Gasteiger partial charge is 0.253 e. The normalized spacial score (nSPS) is 23.8. The number of allylic oxidation sites excluding steroid dienone is 6. The average Bonchev–Trinajstić information content (AvgIpc) is 3.51. The highest BCUT2D eigenvalue weighted by Crippen LogP contribution is 2.40. The fourth-order valence-electron chi connectivity index (χ4n) is 6.66. The molecule has 6 heteroatoms. The Labute approximate surface area is 246 Å². The SMILES string of the molecule is C=C/C=C\C(=C/C)CC1=NC(C2CCN(CCC3(c4ccccc4)CCN(C(=O)C4=CCCC=C4)CC3)CC2)ON1. The van der Waals surface area contributed by atoms with Gasteiger partial charge in [0, 0.05) is 31.0 Å². The third kappa shape index (κ3) is 7.35. The van der Waals surface area contributed by atoms with Gasteiger partial charge < -0.3 is 9.80 Å². The molecule has 218 valence electrons. The van der Waals surface area contributed by atoms with Gasteiger partial charge in [-0.2, -0.15) is 0 Å². The molecule has 1 aliphatic carbocycles. The van der Waals surface area contributed by atoms with E-state index in [9.17, 15) is 4.79 Å². The molecule has 1 unspecified atom stereocenters. The largest absolute Gasteiger partial charge is 0.339 e. The van der Waals surface area contributed by atoms with Crippen LogP contribution in [0.3, 0.4) is 0 Å². The lowest BCUT2D eigenvalue weighted by atomic mass is 9.70. The third-order valence-electron chi connectivity index (χ3n) is 9.35. The van der Waals surface area contributed by atoms with Crippen molar-refractivity contribution in [1.29, 1.82) is 0 Å². The molecule has 2 fully saturated rings. The minimum atomic E-state index is -0.0970. The number of hydrogen-bond acceptors (Lipinski definition) is 5. The van der Waals surface area contributed by atoms with Gasteiger partial charge in [-0.3, -0.25) is 10.3 Å². The first-order valence-electron chi connectivity index (χ1n) is 15.5. The predicted molar refractivity (Wildman–Crippen MR) is 167 cm³/mol. The van der Waals surface area contributed by atoms with Crippen molar-refractivity contribution in [2.45, 2.75) is 69.9 Å². The molecule has 2 saturated heterocycles. The Hall–Kier alpha value is -3.22. The van der Waals surface area contributed by atoms with E-state index in [1.807, 2.05) is 19.1 Å². The van der Waals surface area contributed by atoms with Crippen LogP contribution in [-0.4, -0.2) is 60.5 Å². The second-order valence-electron chi connectivity index (χ2n) is 11.8. The summed E-state index contributed by atoms with van der Waals surface area (Å²) in [6.45, 7) is 10.7. The quantitative estimate of drug-likeness (QED) is 0.347. The van der Waals surface area contributed by atoms with E-state index in [4.69, 9.17) is 9.83 Å². The molecular weight excluding hydrogens is 508 g/mol. The average molecular weight is 555 g/mol. The van der Waals surface area contributed by atoms with E-state index < -0.39 is 0 Å². The Morgan fingerprint density at radius 2 is 1.93 bits per heavy atom. The monoisotopic (exact) mass is 554 g/mol. The summed E-state index contributed by atoms with van der Waals surface area (Å²) >= 11 is 0. The molecule has 1 aromatic carbocycles. The van der Waals surface area contributed by atoms with Crippen molar-refractivity contribution >= 4 is 11.7 Å². The Morgan fingerprint density at radius 1 is 1.15 bits per heavy atom. The first-order chi connectivity index (χ1) is 20.1.